The van der Waals surface area contributed by atoms with E-state index in [1.165, 1.54) is 18.2 Å². The zero-order valence-corrected chi connectivity index (χ0v) is 26.6. The van der Waals surface area contributed by atoms with Crippen LogP contribution >= 0.6 is 0 Å². The van der Waals surface area contributed by atoms with Crippen LogP contribution in [-0.4, -0.2) is 50.7 Å². The van der Waals surface area contributed by atoms with Gasteiger partial charge in [0.05, 0.1) is 0 Å². The fourth-order valence-electron chi connectivity index (χ4n) is 5.65. The predicted molar refractivity (Wildman–Crippen MR) is 178 cm³/mol. The van der Waals surface area contributed by atoms with E-state index in [1.54, 1.807) is 56.9 Å². The zero-order valence-electron chi connectivity index (χ0n) is 26.6. The Hall–Kier alpha value is -5.05. The molecule has 3 amide bonds. The number of anilines is 1. The summed E-state index contributed by atoms with van der Waals surface area (Å²) in [6.45, 7) is 6.96. The molecule has 0 saturated heterocycles. The first kappa shape index (κ1) is 32.3. The Kier molecular flexibility index (Phi) is 9.51. The molecule has 1 fully saturated rings. The van der Waals surface area contributed by atoms with Crippen LogP contribution < -0.4 is 10.6 Å². The van der Waals surface area contributed by atoms with Crippen molar-refractivity contribution in [2.45, 2.75) is 77.1 Å². The van der Waals surface area contributed by atoms with Crippen molar-refractivity contribution in [3.63, 3.8) is 0 Å². The second kappa shape index (κ2) is 13.5. The third-order valence-electron chi connectivity index (χ3n) is 8.17. The Morgan fingerprint density at radius 2 is 1.61 bits per heavy atom. The number of rotatable bonds is 9. The number of nitrogens with zero attached hydrogens (tertiary/aromatic N) is 1. The molecule has 0 bridgehead atoms. The third-order valence-corrected chi connectivity index (χ3v) is 8.17. The van der Waals surface area contributed by atoms with Gasteiger partial charge >= 0.3 is 6.09 Å². The van der Waals surface area contributed by atoms with Crippen LogP contribution in [-0.2, 0) is 20.7 Å². The third kappa shape index (κ3) is 7.77. The molecule has 46 heavy (non-hydrogen) atoms. The average molecular weight is 624 g/mol. The van der Waals surface area contributed by atoms with Crippen molar-refractivity contribution in [3.05, 3.63) is 102 Å². The number of hydrogen-bond donors (Lipinski definition) is 4. The number of amides is 3. The number of hydrogen-bond acceptors (Lipinski definition) is 6. The van der Waals surface area contributed by atoms with Crippen LogP contribution in [0.5, 0.6) is 11.5 Å². The smallest absolute Gasteiger partial charge is 0.408 e. The van der Waals surface area contributed by atoms with Gasteiger partial charge in [0.2, 0.25) is 5.91 Å². The maximum absolute atomic E-state index is 14.7. The van der Waals surface area contributed by atoms with Crippen molar-refractivity contribution < 1.29 is 29.3 Å². The van der Waals surface area contributed by atoms with Gasteiger partial charge in [0.1, 0.15) is 29.2 Å². The normalized spacial score (nSPS) is 14.5. The summed E-state index contributed by atoms with van der Waals surface area (Å²) in [4.78, 5) is 43.7. The highest BCUT2D eigenvalue weighted by atomic mass is 16.6. The lowest BCUT2D eigenvalue weighted by Gasteiger charge is -2.43. The number of aromatic hydroxyl groups is 2. The Morgan fingerprint density at radius 3 is 2.24 bits per heavy atom. The molecule has 1 aliphatic carbocycles. The van der Waals surface area contributed by atoms with Crippen LogP contribution in [0.25, 0.3) is 10.8 Å². The quantitative estimate of drug-likeness (QED) is 0.163. The van der Waals surface area contributed by atoms with Crippen molar-refractivity contribution in [1.82, 2.24) is 10.2 Å². The van der Waals surface area contributed by atoms with Crippen molar-refractivity contribution in [2.24, 2.45) is 0 Å². The topological polar surface area (TPSA) is 128 Å². The molecule has 1 aliphatic rings. The van der Waals surface area contributed by atoms with Gasteiger partial charge in [-0.15, -0.1) is 0 Å². The van der Waals surface area contributed by atoms with Crippen molar-refractivity contribution in [1.29, 1.82) is 0 Å². The van der Waals surface area contributed by atoms with Crippen LogP contribution in [0, 0.1) is 6.92 Å². The molecule has 4 aromatic carbocycles. The largest absolute Gasteiger partial charge is 0.508 e. The molecule has 1 saturated carbocycles. The number of ether oxygens (including phenoxy) is 1. The fraction of sp³-hybridized carbons (Fsp3) is 0.324. The Labute approximate surface area is 269 Å². The van der Waals surface area contributed by atoms with E-state index in [9.17, 15) is 24.6 Å². The van der Waals surface area contributed by atoms with Gasteiger partial charge in [0.15, 0.2) is 0 Å². The van der Waals surface area contributed by atoms with E-state index < -0.39 is 35.6 Å². The molecule has 0 radical (unpaired) electrons. The summed E-state index contributed by atoms with van der Waals surface area (Å²) in [5.41, 5.74) is 1.59. The first-order valence-electron chi connectivity index (χ1n) is 15.6. The van der Waals surface area contributed by atoms with E-state index in [4.69, 9.17) is 4.74 Å². The summed E-state index contributed by atoms with van der Waals surface area (Å²) in [6, 6.07) is 22.4. The van der Waals surface area contributed by atoms with E-state index >= 15 is 0 Å². The second-order valence-corrected chi connectivity index (χ2v) is 12.9. The highest BCUT2D eigenvalue weighted by molar-refractivity contribution is 6.00. The lowest BCUT2D eigenvalue weighted by Crippen LogP contribution is -2.57. The molecular weight excluding hydrogens is 582 g/mol. The van der Waals surface area contributed by atoms with E-state index in [0.29, 0.717) is 35.2 Å². The molecule has 0 spiro atoms. The number of nitrogens with one attached hydrogen (secondary N) is 2. The molecular formula is C37H41N3O6. The maximum Gasteiger partial charge on any atom is 0.408 e. The summed E-state index contributed by atoms with van der Waals surface area (Å²) < 4.78 is 5.52. The number of phenols is 2. The monoisotopic (exact) mass is 623 g/mol. The van der Waals surface area contributed by atoms with Crippen LogP contribution in [0.2, 0.25) is 0 Å². The van der Waals surface area contributed by atoms with E-state index in [2.05, 4.69) is 10.6 Å². The summed E-state index contributed by atoms with van der Waals surface area (Å²) >= 11 is 0. The summed E-state index contributed by atoms with van der Waals surface area (Å²) in [7, 11) is 0. The van der Waals surface area contributed by atoms with Crippen molar-refractivity contribution >= 4 is 34.4 Å². The number of phenolic OH excluding ortho intramolecular Hbond substituents is 2. The molecule has 0 aliphatic heterocycles. The number of aryl methyl sites for hydroxylation is 1. The van der Waals surface area contributed by atoms with Gasteiger partial charge < -0.3 is 30.5 Å². The highest BCUT2D eigenvalue weighted by Gasteiger charge is 2.42. The van der Waals surface area contributed by atoms with Crippen molar-refractivity contribution in [2.75, 3.05) is 5.32 Å². The molecule has 9 heteroatoms. The molecule has 4 aromatic rings. The number of carbonyl (C=O) groups excluding carboxylic acids is 3. The molecule has 240 valence electrons. The fourth-order valence-corrected chi connectivity index (χ4v) is 5.65. The standard InChI is InChI=1S/C37H41N3O6/c1-23-20-27(15-19-32(23)42)33(34(43)38-28-16-14-25-8-5-6-9-26(25)22-28)40(29-10-7-11-29)35(44)31(39-36(45)46-37(2,3)4)21-24-12-17-30(41)18-13-24/h5-6,8-9,12-20,22,29,31,33,41-42H,7,10-11,21H2,1-4H3,(H,38,43)(H,39,45). The van der Waals surface area contributed by atoms with Crippen LogP contribution in [0.1, 0.15) is 62.8 Å². The molecule has 0 heterocycles. The van der Waals surface area contributed by atoms with Gasteiger partial charge in [0.25, 0.3) is 5.91 Å². The Bertz CT molecular complexity index is 1730. The lowest BCUT2D eigenvalue weighted by atomic mass is 9.87. The molecule has 5 rings (SSSR count). The minimum Gasteiger partial charge on any atom is -0.508 e. The minimum atomic E-state index is -1.07. The molecule has 4 N–H and O–H groups in total. The summed E-state index contributed by atoms with van der Waals surface area (Å²) in [5, 5.41) is 27.9. The first-order valence-corrected chi connectivity index (χ1v) is 15.6. The molecule has 2 unspecified atom stereocenters. The van der Waals surface area contributed by atoms with Gasteiger partial charge in [-0.1, -0.05) is 48.5 Å². The summed E-state index contributed by atoms with van der Waals surface area (Å²) in [5.74, 6) is -0.694. The van der Waals surface area contributed by atoms with E-state index in [0.717, 1.165) is 17.2 Å². The van der Waals surface area contributed by atoms with Gasteiger partial charge in [-0.2, -0.15) is 0 Å². The van der Waals surface area contributed by atoms with Gasteiger partial charge in [-0.3, -0.25) is 9.59 Å². The van der Waals surface area contributed by atoms with E-state index in [1.807, 2.05) is 42.5 Å². The minimum absolute atomic E-state index is 0.0794. The first-order chi connectivity index (χ1) is 21.9. The number of fused-ring (bicyclic) bond motifs is 1. The van der Waals surface area contributed by atoms with Crippen LogP contribution in [0.15, 0.2) is 84.9 Å². The van der Waals surface area contributed by atoms with E-state index in [-0.39, 0.29) is 24.0 Å². The molecule has 2 atom stereocenters. The second-order valence-electron chi connectivity index (χ2n) is 12.9. The molecule has 0 aromatic heterocycles. The SMILES string of the molecule is Cc1cc(C(C(=O)Nc2ccc3ccccc3c2)N(C(=O)C(Cc2ccc(O)cc2)NC(=O)OC(C)(C)C)C2CCC2)ccc1O. The number of benzene rings is 4. The predicted octanol–water partition coefficient (Wildman–Crippen LogP) is 6.76. The number of alkyl carbamates (subject to hydrolysis) is 1. The van der Waals surface area contributed by atoms with Gasteiger partial charge in [-0.05, 0) is 111 Å². The Morgan fingerprint density at radius 1 is 0.913 bits per heavy atom. The molecule has 9 nitrogen and oxygen atoms in total. The van der Waals surface area contributed by atoms with Gasteiger partial charge in [0, 0.05) is 18.2 Å². The lowest BCUT2D eigenvalue weighted by molar-refractivity contribution is -0.145. The highest BCUT2D eigenvalue weighted by Crippen LogP contribution is 2.36. The summed E-state index contributed by atoms with van der Waals surface area (Å²) in [6.07, 6.45) is 1.64. The average Bonchev–Trinajstić information content (AvgIpc) is 2.97. The number of carbonyl (C=O) groups is 3. The Balaban J connectivity index is 1.55. The van der Waals surface area contributed by atoms with Gasteiger partial charge in [-0.25, -0.2) is 4.79 Å². The maximum atomic E-state index is 14.7. The van der Waals surface area contributed by atoms with Crippen molar-refractivity contribution in [3.8, 4) is 11.5 Å². The van der Waals surface area contributed by atoms with Crippen LogP contribution in [0.4, 0.5) is 10.5 Å². The zero-order chi connectivity index (χ0) is 33.0. The van der Waals surface area contributed by atoms with Crippen LogP contribution in [0.3, 0.4) is 0 Å².